The molecule has 0 spiro atoms. The Bertz CT molecular complexity index is 798. The zero-order valence-electron chi connectivity index (χ0n) is 10.5. The number of aromatic amines is 1. The van der Waals surface area contributed by atoms with E-state index in [1.165, 1.54) is 0 Å². The fourth-order valence-electron chi connectivity index (χ4n) is 2.19. The lowest BCUT2D eigenvalue weighted by Gasteiger charge is -2.05. The number of para-hydroxylation sites is 1. The molecule has 3 aromatic rings. The number of pyridine rings is 1. The van der Waals surface area contributed by atoms with Crippen molar-refractivity contribution in [1.29, 1.82) is 0 Å². The van der Waals surface area contributed by atoms with E-state index in [9.17, 15) is 4.79 Å². The quantitative estimate of drug-likeness (QED) is 0.644. The maximum atomic E-state index is 10.5. The van der Waals surface area contributed by atoms with Crippen molar-refractivity contribution in [2.45, 2.75) is 6.42 Å². The number of aliphatic carboxylic acids is 1. The van der Waals surface area contributed by atoms with Crippen LogP contribution < -0.4 is 5.32 Å². The normalized spacial score (nSPS) is 11.1. The molecule has 20 heavy (non-hydrogen) atoms. The minimum Gasteiger partial charge on any atom is -0.481 e. The van der Waals surface area contributed by atoms with Crippen LogP contribution in [0.1, 0.15) is 6.42 Å². The van der Waals surface area contributed by atoms with Crippen molar-refractivity contribution in [3.63, 3.8) is 0 Å². The molecule has 102 valence electrons. The van der Waals surface area contributed by atoms with Gasteiger partial charge in [0.05, 0.1) is 11.9 Å². The Morgan fingerprint density at radius 1 is 1.35 bits per heavy atom. The largest absolute Gasteiger partial charge is 0.481 e. The molecule has 2 heterocycles. The van der Waals surface area contributed by atoms with Crippen LogP contribution in [0.3, 0.4) is 0 Å². The topological polar surface area (TPSA) is 78.0 Å². The van der Waals surface area contributed by atoms with Gasteiger partial charge < -0.3 is 15.4 Å². The Morgan fingerprint density at radius 2 is 2.15 bits per heavy atom. The second-order valence-corrected chi connectivity index (χ2v) is 4.82. The summed E-state index contributed by atoms with van der Waals surface area (Å²) in [6, 6.07) is 9.77. The van der Waals surface area contributed by atoms with Crippen LogP contribution in [-0.2, 0) is 4.79 Å². The number of aromatic nitrogens is 2. The molecule has 2 aromatic heterocycles. The van der Waals surface area contributed by atoms with E-state index in [0.29, 0.717) is 17.5 Å². The van der Waals surface area contributed by atoms with E-state index < -0.39 is 5.97 Å². The summed E-state index contributed by atoms with van der Waals surface area (Å²) in [5, 5.41) is 14.0. The van der Waals surface area contributed by atoms with Gasteiger partial charge in [-0.15, -0.1) is 0 Å². The van der Waals surface area contributed by atoms with Crippen LogP contribution in [0.5, 0.6) is 0 Å². The number of nitrogens with zero attached hydrogens (tertiary/aromatic N) is 1. The molecule has 3 N–H and O–H groups in total. The molecule has 0 atom stereocenters. The van der Waals surface area contributed by atoms with Gasteiger partial charge in [0.25, 0.3) is 0 Å². The molecule has 6 heteroatoms. The van der Waals surface area contributed by atoms with Crippen LogP contribution in [-0.4, -0.2) is 27.6 Å². The minimum absolute atomic E-state index is 0.0330. The molecule has 0 aliphatic heterocycles. The van der Waals surface area contributed by atoms with E-state index in [-0.39, 0.29) is 6.42 Å². The van der Waals surface area contributed by atoms with Crippen molar-refractivity contribution < 1.29 is 9.90 Å². The number of halogens is 1. The van der Waals surface area contributed by atoms with Gasteiger partial charge in [-0.2, -0.15) is 0 Å². The second-order valence-electron chi connectivity index (χ2n) is 4.46. The van der Waals surface area contributed by atoms with Crippen molar-refractivity contribution >= 4 is 45.2 Å². The number of nitrogens with one attached hydrogen (secondary N) is 2. The highest BCUT2D eigenvalue weighted by Crippen LogP contribution is 2.30. The molecule has 3 rings (SSSR count). The molecule has 0 radical (unpaired) electrons. The zero-order chi connectivity index (χ0) is 14.1. The molecule has 0 amide bonds. The zero-order valence-corrected chi connectivity index (χ0v) is 11.2. The predicted octanol–water partition coefficient (Wildman–Crippen LogP) is 3.26. The Morgan fingerprint density at radius 3 is 2.95 bits per heavy atom. The van der Waals surface area contributed by atoms with Crippen LogP contribution in [0.2, 0.25) is 5.15 Å². The van der Waals surface area contributed by atoms with Crippen molar-refractivity contribution in [2.24, 2.45) is 0 Å². The fourth-order valence-corrected chi connectivity index (χ4v) is 2.44. The summed E-state index contributed by atoms with van der Waals surface area (Å²) in [5.41, 5.74) is 1.78. The molecule has 0 aliphatic carbocycles. The molecule has 0 saturated heterocycles. The number of rotatable bonds is 4. The first kappa shape index (κ1) is 12.7. The monoisotopic (exact) mass is 289 g/mol. The van der Waals surface area contributed by atoms with Crippen LogP contribution >= 0.6 is 11.6 Å². The number of benzene rings is 1. The average molecular weight is 290 g/mol. The number of hydrogen-bond acceptors (Lipinski definition) is 3. The van der Waals surface area contributed by atoms with Gasteiger partial charge in [-0.1, -0.05) is 29.8 Å². The summed E-state index contributed by atoms with van der Waals surface area (Å²) >= 11 is 6.18. The van der Waals surface area contributed by atoms with Gasteiger partial charge in [-0.3, -0.25) is 4.79 Å². The SMILES string of the molecule is O=C(O)CCNc1cc2c([nH]c3ccccc32)c(Cl)n1. The van der Waals surface area contributed by atoms with Gasteiger partial charge in [0.1, 0.15) is 5.82 Å². The molecule has 1 aromatic carbocycles. The van der Waals surface area contributed by atoms with E-state index in [2.05, 4.69) is 15.3 Å². The summed E-state index contributed by atoms with van der Waals surface area (Å²) in [5.74, 6) is -0.273. The summed E-state index contributed by atoms with van der Waals surface area (Å²) < 4.78 is 0. The number of carbonyl (C=O) groups is 1. The van der Waals surface area contributed by atoms with Crippen LogP contribution in [0.15, 0.2) is 30.3 Å². The maximum Gasteiger partial charge on any atom is 0.305 e. The first-order valence-corrected chi connectivity index (χ1v) is 6.55. The minimum atomic E-state index is -0.850. The Balaban J connectivity index is 2.03. The third-order valence-electron chi connectivity index (χ3n) is 3.10. The maximum absolute atomic E-state index is 10.5. The van der Waals surface area contributed by atoms with Crippen LogP contribution in [0.4, 0.5) is 5.82 Å². The molecule has 0 saturated carbocycles. The summed E-state index contributed by atoms with van der Waals surface area (Å²) in [4.78, 5) is 18.0. The van der Waals surface area contributed by atoms with Crippen LogP contribution in [0, 0.1) is 0 Å². The third kappa shape index (κ3) is 2.28. The van der Waals surface area contributed by atoms with E-state index in [0.717, 1.165) is 21.8 Å². The van der Waals surface area contributed by atoms with Gasteiger partial charge in [-0.25, -0.2) is 4.98 Å². The third-order valence-corrected chi connectivity index (χ3v) is 3.37. The summed E-state index contributed by atoms with van der Waals surface area (Å²) in [7, 11) is 0. The fraction of sp³-hybridized carbons (Fsp3) is 0.143. The summed E-state index contributed by atoms with van der Waals surface area (Å²) in [6.45, 7) is 0.312. The number of carboxylic acids is 1. The van der Waals surface area contributed by atoms with E-state index in [1.54, 1.807) is 0 Å². The lowest BCUT2D eigenvalue weighted by atomic mass is 10.2. The Labute approximate surface area is 119 Å². The molecule has 0 bridgehead atoms. The first-order valence-electron chi connectivity index (χ1n) is 6.18. The molecule has 0 aliphatic rings. The number of H-pyrrole nitrogens is 1. The molecule has 5 nitrogen and oxygen atoms in total. The van der Waals surface area contributed by atoms with Gasteiger partial charge in [-0.05, 0) is 12.1 Å². The van der Waals surface area contributed by atoms with Gasteiger partial charge in [0.2, 0.25) is 0 Å². The second kappa shape index (κ2) is 5.02. The van der Waals surface area contributed by atoms with E-state index >= 15 is 0 Å². The first-order chi connectivity index (χ1) is 9.65. The lowest BCUT2D eigenvalue weighted by Crippen LogP contribution is -2.08. The smallest absolute Gasteiger partial charge is 0.305 e. The van der Waals surface area contributed by atoms with Gasteiger partial charge in [0.15, 0.2) is 5.15 Å². The molecule has 0 fully saturated rings. The molecule has 0 unspecified atom stereocenters. The Kier molecular flexibility index (Phi) is 3.20. The van der Waals surface area contributed by atoms with Crippen molar-refractivity contribution in [1.82, 2.24) is 9.97 Å². The number of anilines is 1. The number of hydrogen-bond donors (Lipinski definition) is 3. The van der Waals surface area contributed by atoms with Gasteiger partial charge >= 0.3 is 5.97 Å². The van der Waals surface area contributed by atoms with Crippen molar-refractivity contribution in [3.05, 3.63) is 35.5 Å². The van der Waals surface area contributed by atoms with Crippen LogP contribution in [0.25, 0.3) is 21.8 Å². The van der Waals surface area contributed by atoms with Crippen molar-refractivity contribution in [3.8, 4) is 0 Å². The van der Waals surface area contributed by atoms with E-state index in [4.69, 9.17) is 16.7 Å². The number of carboxylic acid groups (broad SMARTS) is 1. The predicted molar refractivity (Wildman–Crippen MR) is 79.4 cm³/mol. The average Bonchev–Trinajstić information content (AvgIpc) is 2.78. The Hall–Kier alpha value is -2.27. The highest BCUT2D eigenvalue weighted by atomic mass is 35.5. The van der Waals surface area contributed by atoms with Gasteiger partial charge in [0, 0.05) is 22.8 Å². The van der Waals surface area contributed by atoms with Crippen molar-refractivity contribution in [2.75, 3.05) is 11.9 Å². The standard InChI is InChI=1S/C14H12ClN3O2/c15-14-13-9(8-3-1-2-4-10(8)17-13)7-11(18-14)16-6-5-12(19)20/h1-4,7,17H,5-6H2,(H,16,18)(H,19,20). The lowest BCUT2D eigenvalue weighted by molar-refractivity contribution is -0.136. The number of fused-ring (bicyclic) bond motifs is 3. The molecular formula is C14H12ClN3O2. The molecular weight excluding hydrogens is 278 g/mol. The highest BCUT2D eigenvalue weighted by molar-refractivity contribution is 6.35. The van der Waals surface area contributed by atoms with E-state index in [1.807, 2.05) is 30.3 Å². The summed E-state index contributed by atoms with van der Waals surface area (Å²) in [6.07, 6.45) is 0.0330. The highest BCUT2D eigenvalue weighted by Gasteiger charge is 2.10.